The summed E-state index contributed by atoms with van der Waals surface area (Å²) in [4.78, 5) is 14.4. The molecular weight excluding hydrogens is 242 g/mol. The van der Waals surface area contributed by atoms with Gasteiger partial charge in [-0.05, 0) is 43.5 Å². The Labute approximate surface area is 114 Å². The largest absolute Gasteiger partial charge is 0.496 e. The van der Waals surface area contributed by atoms with E-state index in [2.05, 4.69) is 4.90 Å². The van der Waals surface area contributed by atoms with Crippen molar-refractivity contribution in [2.75, 3.05) is 33.4 Å². The summed E-state index contributed by atoms with van der Waals surface area (Å²) in [6.45, 7) is 4.26. The lowest BCUT2D eigenvalue weighted by Gasteiger charge is -2.16. The van der Waals surface area contributed by atoms with Crippen LogP contribution in [0.5, 0.6) is 5.75 Å². The number of benzene rings is 1. The number of aliphatic hydroxyl groups is 1. The second-order valence-electron chi connectivity index (χ2n) is 5.20. The zero-order valence-corrected chi connectivity index (χ0v) is 11.6. The minimum absolute atomic E-state index is 0.0791. The van der Waals surface area contributed by atoms with Gasteiger partial charge in [0.05, 0.1) is 19.2 Å². The van der Waals surface area contributed by atoms with Crippen molar-refractivity contribution in [1.82, 2.24) is 4.90 Å². The first-order valence-electron chi connectivity index (χ1n) is 6.65. The van der Waals surface area contributed by atoms with E-state index in [1.807, 2.05) is 25.1 Å². The molecular formula is C15H21NO3. The summed E-state index contributed by atoms with van der Waals surface area (Å²) in [5, 5.41) is 9.12. The summed E-state index contributed by atoms with van der Waals surface area (Å²) < 4.78 is 5.27. The molecule has 0 spiro atoms. The van der Waals surface area contributed by atoms with E-state index >= 15 is 0 Å². The maximum absolute atomic E-state index is 12.3. The van der Waals surface area contributed by atoms with E-state index in [-0.39, 0.29) is 12.4 Å². The molecule has 0 aromatic heterocycles. The van der Waals surface area contributed by atoms with Gasteiger partial charge in [-0.1, -0.05) is 6.07 Å². The van der Waals surface area contributed by atoms with Crippen molar-refractivity contribution < 1.29 is 14.6 Å². The standard InChI is InChI=1S/C15H21NO3/c1-11-3-4-13(15(7-11)19-2)14(18)9-16-6-5-12(8-16)10-17/h3-4,7,12,17H,5-6,8-10H2,1-2H3. The van der Waals surface area contributed by atoms with Crippen molar-refractivity contribution in [3.63, 3.8) is 0 Å². The number of aliphatic hydroxyl groups excluding tert-OH is 1. The maximum Gasteiger partial charge on any atom is 0.180 e. The molecule has 1 N–H and O–H groups in total. The van der Waals surface area contributed by atoms with Gasteiger partial charge in [-0.15, -0.1) is 0 Å². The first-order valence-corrected chi connectivity index (χ1v) is 6.65. The Morgan fingerprint density at radius 1 is 1.53 bits per heavy atom. The van der Waals surface area contributed by atoms with Gasteiger partial charge in [0.25, 0.3) is 0 Å². The van der Waals surface area contributed by atoms with Crippen LogP contribution in [-0.2, 0) is 0 Å². The van der Waals surface area contributed by atoms with Crippen LogP contribution in [-0.4, -0.2) is 49.1 Å². The van der Waals surface area contributed by atoms with Gasteiger partial charge in [0.2, 0.25) is 0 Å². The topological polar surface area (TPSA) is 49.8 Å². The Bertz CT molecular complexity index is 459. The predicted molar refractivity (Wildman–Crippen MR) is 73.7 cm³/mol. The van der Waals surface area contributed by atoms with Gasteiger partial charge in [-0.25, -0.2) is 0 Å². The third kappa shape index (κ3) is 3.33. The number of carbonyl (C=O) groups is 1. The number of ketones is 1. The zero-order chi connectivity index (χ0) is 13.8. The molecule has 1 aromatic rings. The Balaban J connectivity index is 2.04. The second-order valence-corrected chi connectivity index (χ2v) is 5.20. The molecule has 1 aromatic carbocycles. The summed E-state index contributed by atoms with van der Waals surface area (Å²) in [7, 11) is 1.59. The van der Waals surface area contributed by atoms with Crippen LogP contribution in [0.2, 0.25) is 0 Å². The number of methoxy groups -OCH3 is 1. The summed E-state index contributed by atoms with van der Waals surface area (Å²) >= 11 is 0. The van der Waals surface area contributed by atoms with Crippen LogP contribution >= 0.6 is 0 Å². The summed E-state index contributed by atoms with van der Waals surface area (Å²) in [6, 6.07) is 5.64. The van der Waals surface area contributed by atoms with Crippen LogP contribution in [0.15, 0.2) is 18.2 Å². The van der Waals surface area contributed by atoms with Gasteiger partial charge in [-0.3, -0.25) is 9.69 Å². The highest BCUT2D eigenvalue weighted by atomic mass is 16.5. The monoisotopic (exact) mass is 263 g/mol. The smallest absolute Gasteiger partial charge is 0.180 e. The summed E-state index contributed by atoms with van der Waals surface area (Å²) in [6.07, 6.45) is 0.967. The zero-order valence-electron chi connectivity index (χ0n) is 11.6. The van der Waals surface area contributed by atoms with Gasteiger partial charge in [0.15, 0.2) is 5.78 Å². The van der Waals surface area contributed by atoms with E-state index in [9.17, 15) is 4.79 Å². The van der Waals surface area contributed by atoms with Crippen LogP contribution in [0.1, 0.15) is 22.3 Å². The minimum atomic E-state index is 0.0791. The van der Waals surface area contributed by atoms with E-state index in [1.54, 1.807) is 7.11 Å². The number of carbonyl (C=O) groups excluding carboxylic acids is 1. The molecule has 4 nitrogen and oxygen atoms in total. The number of Topliss-reactive ketones (excluding diaryl/α,β-unsaturated/α-hetero) is 1. The first kappa shape index (κ1) is 14.0. The normalized spacial score (nSPS) is 19.6. The molecule has 19 heavy (non-hydrogen) atoms. The van der Waals surface area contributed by atoms with Gasteiger partial charge in [0.1, 0.15) is 5.75 Å². The first-order chi connectivity index (χ1) is 9.13. The van der Waals surface area contributed by atoms with E-state index in [0.717, 1.165) is 25.1 Å². The van der Waals surface area contributed by atoms with Crippen LogP contribution in [0.3, 0.4) is 0 Å². The maximum atomic E-state index is 12.3. The highest BCUT2D eigenvalue weighted by Gasteiger charge is 2.24. The molecule has 1 aliphatic rings. The molecule has 0 saturated carbocycles. The minimum Gasteiger partial charge on any atom is -0.496 e. The lowest BCUT2D eigenvalue weighted by Crippen LogP contribution is -2.28. The Kier molecular flexibility index (Phi) is 4.56. The molecule has 1 atom stereocenters. The van der Waals surface area contributed by atoms with Crippen LogP contribution in [0.25, 0.3) is 0 Å². The SMILES string of the molecule is COc1cc(C)ccc1C(=O)CN1CCC(CO)C1. The average Bonchev–Trinajstić information content (AvgIpc) is 2.86. The second kappa shape index (κ2) is 6.17. The fourth-order valence-electron chi connectivity index (χ4n) is 2.52. The highest BCUT2D eigenvalue weighted by molar-refractivity contribution is 6.00. The van der Waals surface area contributed by atoms with Crippen LogP contribution in [0.4, 0.5) is 0 Å². The van der Waals surface area contributed by atoms with Crippen molar-refractivity contribution in [2.45, 2.75) is 13.3 Å². The number of nitrogens with zero attached hydrogens (tertiary/aromatic N) is 1. The van der Waals surface area contributed by atoms with Crippen LogP contribution in [0, 0.1) is 12.8 Å². The Hall–Kier alpha value is -1.39. The van der Waals surface area contributed by atoms with Crippen LogP contribution < -0.4 is 4.74 Å². The summed E-state index contributed by atoms with van der Waals surface area (Å²) in [5.41, 5.74) is 1.72. The molecule has 1 aliphatic heterocycles. The molecule has 1 saturated heterocycles. The van der Waals surface area contributed by atoms with Crippen molar-refractivity contribution in [3.8, 4) is 5.75 Å². The molecule has 104 valence electrons. The highest BCUT2D eigenvalue weighted by Crippen LogP contribution is 2.22. The molecule has 1 heterocycles. The number of hydrogen-bond acceptors (Lipinski definition) is 4. The number of hydrogen-bond donors (Lipinski definition) is 1. The average molecular weight is 263 g/mol. The van der Waals surface area contributed by atoms with E-state index < -0.39 is 0 Å². The van der Waals surface area contributed by atoms with E-state index in [1.165, 1.54) is 0 Å². The van der Waals surface area contributed by atoms with Crippen molar-refractivity contribution in [2.24, 2.45) is 5.92 Å². The molecule has 0 bridgehead atoms. The molecule has 0 radical (unpaired) electrons. The van der Waals surface area contributed by atoms with Gasteiger partial charge in [-0.2, -0.15) is 0 Å². The number of rotatable bonds is 5. The molecule has 1 fully saturated rings. The van der Waals surface area contributed by atoms with Gasteiger partial charge >= 0.3 is 0 Å². The predicted octanol–water partition coefficient (Wildman–Crippen LogP) is 1.50. The molecule has 1 unspecified atom stereocenters. The van der Waals surface area contributed by atoms with Crippen molar-refractivity contribution in [1.29, 1.82) is 0 Å². The fraction of sp³-hybridized carbons (Fsp3) is 0.533. The van der Waals surface area contributed by atoms with Crippen molar-refractivity contribution >= 4 is 5.78 Å². The summed E-state index contributed by atoms with van der Waals surface area (Å²) in [5.74, 6) is 1.03. The number of aryl methyl sites for hydroxylation is 1. The molecule has 0 amide bonds. The van der Waals surface area contributed by atoms with E-state index in [4.69, 9.17) is 9.84 Å². The van der Waals surface area contributed by atoms with E-state index in [0.29, 0.717) is 23.8 Å². The Morgan fingerprint density at radius 3 is 2.95 bits per heavy atom. The quantitative estimate of drug-likeness (QED) is 0.818. The molecule has 2 rings (SSSR count). The number of likely N-dealkylation sites (tertiary alicyclic amines) is 1. The third-order valence-electron chi connectivity index (χ3n) is 3.65. The Morgan fingerprint density at radius 2 is 2.32 bits per heavy atom. The molecule has 0 aliphatic carbocycles. The lowest BCUT2D eigenvalue weighted by atomic mass is 10.1. The number of ether oxygens (including phenoxy) is 1. The van der Waals surface area contributed by atoms with Gasteiger partial charge in [0, 0.05) is 13.2 Å². The van der Waals surface area contributed by atoms with Crippen molar-refractivity contribution in [3.05, 3.63) is 29.3 Å². The molecule has 4 heteroatoms. The lowest BCUT2D eigenvalue weighted by molar-refractivity contribution is 0.0937. The fourth-order valence-corrected chi connectivity index (χ4v) is 2.52. The van der Waals surface area contributed by atoms with Gasteiger partial charge < -0.3 is 9.84 Å². The third-order valence-corrected chi connectivity index (χ3v) is 3.65.